The number of aryl methyl sites for hydroxylation is 1. The molecule has 1 fully saturated rings. The van der Waals surface area contributed by atoms with E-state index in [-0.39, 0.29) is 23.7 Å². The summed E-state index contributed by atoms with van der Waals surface area (Å²) in [6.45, 7) is 1.74. The normalized spacial score (nSPS) is 19.2. The summed E-state index contributed by atoms with van der Waals surface area (Å²) in [5.41, 5.74) is 2.98. The number of nitrogens with one attached hydrogen (secondary N) is 2. The number of halogens is 1. The highest BCUT2D eigenvalue weighted by atomic mass is 19.1. The van der Waals surface area contributed by atoms with Crippen LogP contribution in [0.5, 0.6) is 17.2 Å². The van der Waals surface area contributed by atoms with Gasteiger partial charge in [0, 0.05) is 24.2 Å². The summed E-state index contributed by atoms with van der Waals surface area (Å²) in [6, 6.07) is 12.5. The maximum atomic E-state index is 13.8. The van der Waals surface area contributed by atoms with Crippen LogP contribution in [0.2, 0.25) is 0 Å². The smallest absolute Gasteiger partial charge is 0.225 e. The molecular formula is C25H21FN4O3. The van der Waals surface area contributed by atoms with Crippen molar-refractivity contribution in [2.75, 3.05) is 5.32 Å². The van der Waals surface area contributed by atoms with Crippen molar-refractivity contribution in [1.82, 2.24) is 15.0 Å². The summed E-state index contributed by atoms with van der Waals surface area (Å²) < 4.78 is 25.9. The first kappa shape index (κ1) is 19.7. The van der Waals surface area contributed by atoms with E-state index in [1.807, 2.05) is 24.3 Å². The first-order valence-electron chi connectivity index (χ1n) is 10.9. The topological polar surface area (TPSA) is 89.1 Å². The second-order valence-corrected chi connectivity index (χ2v) is 8.50. The molecule has 1 amide bonds. The minimum absolute atomic E-state index is 0.0269. The Hall–Kier alpha value is -3.94. The highest BCUT2D eigenvalue weighted by molar-refractivity contribution is 5.93. The fraction of sp³-hybridized carbons (Fsp3) is 0.240. The first-order valence-corrected chi connectivity index (χ1v) is 10.9. The van der Waals surface area contributed by atoms with Crippen LogP contribution in [0.1, 0.15) is 35.7 Å². The fourth-order valence-corrected chi connectivity index (χ4v) is 4.17. The molecule has 6 rings (SSSR count). The number of fused-ring (bicyclic) bond motifs is 2. The number of amides is 1. The molecule has 1 saturated carbocycles. The Balaban J connectivity index is 1.12. The largest absolute Gasteiger partial charge is 0.490 e. The summed E-state index contributed by atoms with van der Waals surface area (Å²) in [7, 11) is 0. The molecular weight excluding hydrogens is 423 g/mol. The third kappa shape index (κ3) is 3.77. The predicted molar refractivity (Wildman–Crippen MR) is 120 cm³/mol. The minimum atomic E-state index is -0.247. The van der Waals surface area contributed by atoms with E-state index in [9.17, 15) is 9.18 Å². The van der Waals surface area contributed by atoms with Crippen molar-refractivity contribution in [3.8, 4) is 17.2 Å². The summed E-state index contributed by atoms with van der Waals surface area (Å²) in [5.74, 6) is 3.39. The number of carbonyl (C=O) groups is 1. The quantitative estimate of drug-likeness (QED) is 0.451. The van der Waals surface area contributed by atoms with Gasteiger partial charge in [-0.25, -0.2) is 14.4 Å². The molecule has 166 valence electrons. The highest BCUT2D eigenvalue weighted by Gasteiger charge is 2.43. The lowest BCUT2D eigenvalue weighted by Gasteiger charge is -2.18. The molecule has 0 saturated heterocycles. The average molecular weight is 444 g/mol. The molecule has 3 heterocycles. The molecule has 2 aliphatic rings. The van der Waals surface area contributed by atoms with E-state index >= 15 is 0 Å². The van der Waals surface area contributed by atoms with Crippen molar-refractivity contribution in [3.05, 3.63) is 71.4 Å². The summed E-state index contributed by atoms with van der Waals surface area (Å²) in [4.78, 5) is 23.6. The second-order valence-electron chi connectivity index (χ2n) is 8.50. The van der Waals surface area contributed by atoms with Gasteiger partial charge in [0.15, 0.2) is 0 Å². The van der Waals surface area contributed by atoms with Crippen LogP contribution in [0, 0.1) is 12.7 Å². The van der Waals surface area contributed by atoms with Crippen molar-refractivity contribution in [2.24, 2.45) is 0 Å². The van der Waals surface area contributed by atoms with Crippen LogP contribution in [-0.4, -0.2) is 27.0 Å². The van der Waals surface area contributed by atoms with Gasteiger partial charge in [-0.3, -0.25) is 4.79 Å². The number of benzene rings is 2. The Kier molecular flexibility index (Phi) is 4.53. The SMILES string of the molecule is Cc1cc2[nH]c([C@@H]3C[C@H]3Oc3ccc(Oc4ccnc5c4CCC(=O)N5)cc3)nc2cc1F. The van der Waals surface area contributed by atoms with Crippen LogP contribution in [0.15, 0.2) is 48.7 Å². The van der Waals surface area contributed by atoms with Crippen LogP contribution >= 0.6 is 0 Å². The van der Waals surface area contributed by atoms with Crippen LogP contribution in [-0.2, 0) is 11.2 Å². The van der Waals surface area contributed by atoms with E-state index in [0.29, 0.717) is 41.2 Å². The molecule has 2 aromatic heterocycles. The number of nitrogens with zero attached hydrogens (tertiary/aromatic N) is 2. The Labute approximate surface area is 189 Å². The standard InChI is InChI=1S/C25H21FN4O3/c1-13-10-19-20(12-18(13)26)29-25(28-19)17-11-22(17)33-15-4-2-14(3-5-15)32-21-8-9-27-24-16(21)6-7-23(31)30-24/h2-5,8-10,12,17,22H,6-7,11H2,1H3,(H,28,29)(H,27,30,31)/t17-,22-/m1/s1. The van der Waals surface area contributed by atoms with E-state index in [4.69, 9.17) is 9.47 Å². The first-order chi connectivity index (χ1) is 16.0. The number of anilines is 1. The average Bonchev–Trinajstić information content (AvgIpc) is 3.45. The van der Waals surface area contributed by atoms with Gasteiger partial charge >= 0.3 is 0 Å². The molecule has 0 spiro atoms. The van der Waals surface area contributed by atoms with Crippen molar-refractivity contribution in [3.63, 3.8) is 0 Å². The number of hydrogen-bond donors (Lipinski definition) is 2. The molecule has 33 heavy (non-hydrogen) atoms. The third-order valence-electron chi connectivity index (χ3n) is 6.08. The molecule has 1 aliphatic heterocycles. The molecule has 2 N–H and O–H groups in total. The van der Waals surface area contributed by atoms with Crippen LogP contribution in [0.4, 0.5) is 10.2 Å². The minimum Gasteiger partial charge on any atom is -0.490 e. The number of rotatable bonds is 5. The van der Waals surface area contributed by atoms with E-state index in [1.165, 1.54) is 6.07 Å². The van der Waals surface area contributed by atoms with Gasteiger partial charge in [0.25, 0.3) is 0 Å². The lowest BCUT2D eigenvalue weighted by molar-refractivity contribution is -0.116. The van der Waals surface area contributed by atoms with Crippen molar-refractivity contribution in [2.45, 2.75) is 38.2 Å². The van der Waals surface area contributed by atoms with Crippen molar-refractivity contribution < 1.29 is 18.7 Å². The Morgan fingerprint density at radius 1 is 1.09 bits per heavy atom. The zero-order chi connectivity index (χ0) is 22.5. The van der Waals surface area contributed by atoms with Crippen LogP contribution in [0.25, 0.3) is 11.0 Å². The summed E-state index contributed by atoms with van der Waals surface area (Å²) in [5, 5.41) is 2.78. The summed E-state index contributed by atoms with van der Waals surface area (Å²) >= 11 is 0. The highest BCUT2D eigenvalue weighted by Crippen LogP contribution is 2.43. The third-order valence-corrected chi connectivity index (χ3v) is 6.08. The van der Waals surface area contributed by atoms with Gasteiger partial charge in [0.1, 0.15) is 40.8 Å². The Morgan fingerprint density at radius 3 is 2.76 bits per heavy atom. The maximum Gasteiger partial charge on any atom is 0.225 e. The second kappa shape index (κ2) is 7.58. The number of imidazole rings is 1. The molecule has 0 bridgehead atoms. The monoisotopic (exact) mass is 444 g/mol. The lowest BCUT2D eigenvalue weighted by atomic mass is 10.1. The number of aromatic nitrogens is 3. The molecule has 7 nitrogen and oxygen atoms in total. The van der Waals surface area contributed by atoms with Crippen molar-refractivity contribution in [1.29, 1.82) is 0 Å². The predicted octanol–water partition coefficient (Wildman–Crippen LogP) is 5.02. The van der Waals surface area contributed by atoms with Crippen LogP contribution < -0.4 is 14.8 Å². The summed E-state index contributed by atoms with van der Waals surface area (Å²) in [6.07, 6.45) is 3.53. The van der Waals surface area contributed by atoms with E-state index in [2.05, 4.69) is 20.3 Å². The molecule has 2 aromatic carbocycles. The van der Waals surface area contributed by atoms with Gasteiger partial charge in [0.05, 0.1) is 17.0 Å². The molecule has 0 radical (unpaired) electrons. The maximum absolute atomic E-state index is 13.8. The lowest BCUT2D eigenvalue weighted by Crippen LogP contribution is -2.20. The fourth-order valence-electron chi connectivity index (χ4n) is 4.17. The van der Waals surface area contributed by atoms with E-state index in [0.717, 1.165) is 29.1 Å². The van der Waals surface area contributed by atoms with E-state index < -0.39 is 0 Å². The van der Waals surface area contributed by atoms with Gasteiger partial charge in [-0.15, -0.1) is 0 Å². The molecule has 8 heteroatoms. The number of pyridine rings is 1. The molecule has 4 aromatic rings. The number of ether oxygens (including phenoxy) is 2. The molecule has 0 unspecified atom stereocenters. The zero-order valence-corrected chi connectivity index (χ0v) is 17.9. The molecule has 1 aliphatic carbocycles. The van der Waals surface area contributed by atoms with Gasteiger partial charge in [-0.2, -0.15) is 0 Å². The van der Waals surface area contributed by atoms with Gasteiger partial charge < -0.3 is 19.8 Å². The van der Waals surface area contributed by atoms with Gasteiger partial charge in [-0.1, -0.05) is 0 Å². The number of aromatic amines is 1. The number of H-pyrrole nitrogens is 1. The van der Waals surface area contributed by atoms with Gasteiger partial charge in [0.2, 0.25) is 5.91 Å². The van der Waals surface area contributed by atoms with Gasteiger partial charge in [-0.05, 0) is 61.7 Å². The Morgan fingerprint density at radius 2 is 1.91 bits per heavy atom. The van der Waals surface area contributed by atoms with Crippen molar-refractivity contribution >= 4 is 22.8 Å². The molecule has 2 atom stereocenters. The Bertz CT molecular complexity index is 1340. The number of hydrogen-bond acceptors (Lipinski definition) is 5. The van der Waals surface area contributed by atoms with E-state index in [1.54, 1.807) is 25.3 Å². The zero-order valence-electron chi connectivity index (χ0n) is 17.9. The van der Waals surface area contributed by atoms with Crippen LogP contribution in [0.3, 0.4) is 0 Å². The number of carbonyl (C=O) groups excluding carboxylic acids is 1.